The molecular weight excluding hydrogens is 352 g/mol. The molecule has 0 unspecified atom stereocenters. The molecule has 0 aliphatic rings. The van der Waals surface area contributed by atoms with Crippen LogP contribution >= 0.6 is 0 Å². The molecule has 3 N–H and O–H groups in total. The number of nitrogens with one attached hydrogen (secondary N) is 2. The minimum atomic E-state index is -3.88. The molecule has 0 atom stereocenters. The van der Waals surface area contributed by atoms with Crippen LogP contribution in [0.2, 0.25) is 0 Å². The van der Waals surface area contributed by atoms with Gasteiger partial charge in [-0.2, -0.15) is 0 Å². The van der Waals surface area contributed by atoms with Gasteiger partial charge in [-0.05, 0) is 51.0 Å². The third-order valence-electron chi connectivity index (χ3n) is 3.53. The third kappa shape index (κ3) is 5.57. The summed E-state index contributed by atoms with van der Waals surface area (Å²) in [7, 11) is -3.88. The molecule has 0 aromatic heterocycles. The van der Waals surface area contributed by atoms with Crippen LogP contribution in [-0.4, -0.2) is 31.6 Å². The molecule has 7 heteroatoms. The van der Waals surface area contributed by atoms with Gasteiger partial charge >= 0.3 is 5.97 Å². The number of hydrogen-bond donors (Lipinski definition) is 3. The quantitative estimate of drug-likeness (QED) is 0.690. The highest BCUT2D eigenvalue weighted by Crippen LogP contribution is 2.24. The van der Waals surface area contributed by atoms with Crippen molar-refractivity contribution < 1.29 is 18.3 Å². The second kappa shape index (κ2) is 7.88. The van der Waals surface area contributed by atoms with Gasteiger partial charge in [-0.15, -0.1) is 0 Å². The van der Waals surface area contributed by atoms with Crippen LogP contribution < -0.4 is 10.0 Å². The summed E-state index contributed by atoms with van der Waals surface area (Å²) in [5.41, 5.74) is 0.745. The number of benzene rings is 2. The van der Waals surface area contributed by atoms with E-state index < -0.39 is 21.5 Å². The monoisotopic (exact) mass is 376 g/mol. The highest BCUT2D eigenvalue weighted by Gasteiger charge is 2.25. The third-order valence-corrected chi connectivity index (χ3v) is 5.33. The fraction of sp³-hybridized carbons (Fsp3) is 0.316. The first-order valence-electron chi connectivity index (χ1n) is 8.28. The lowest BCUT2D eigenvalue weighted by Crippen LogP contribution is -2.40. The summed E-state index contributed by atoms with van der Waals surface area (Å²) in [5, 5.41) is 12.3. The van der Waals surface area contributed by atoms with Crippen LogP contribution in [0.4, 0.5) is 5.69 Å². The van der Waals surface area contributed by atoms with Gasteiger partial charge in [-0.3, -0.25) is 0 Å². The zero-order chi connectivity index (χ0) is 19.4. The maximum Gasteiger partial charge on any atom is 0.335 e. The molecule has 26 heavy (non-hydrogen) atoms. The molecular formula is C19H24N2O4S. The number of rotatable bonds is 7. The first kappa shape index (κ1) is 19.9. The van der Waals surface area contributed by atoms with Crippen LogP contribution in [0.25, 0.3) is 0 Å². The van der Waals surface area contributed by atoms with E-state index in [4.69, 9.17) is 0 Å². The van der Waals surface area contributed by atoms with Crippen LogP contribution in [0.1, 0.15) is 36.7 Å². The molecule has 0 fully saturated rings. The summed E-state index contributed by atoms with van der Waals surface area (Å²) >= 11 is 0. The van der Waals surface area contributed by atoms with Crippen molar-refractivity contribution in [2.75, 3.05) is 11.9 Å². The van der Waals surface area contributed by atoms with Gasteiger partial charge in [-0.25, -0.2) is 17.9 Å². The van der Waals surface area contributed by atoms with E-state index in [9.17, 15) is 18.3 Å². The summed E-state index contributed by atoms with van der Waals surface area (Å²) in [4.78, 5) is 11.2. The van der Waals surface area contributed by atoms with Crippen LogP contribution in [-0.2, 0) is 16.4 Å². The molecule has 0 radical (unpaired) electrons. The SMILES string of the molecule is CC(C)(C)NS(=O)(=O)c1cc(C(=O)O)ccc1NCCc1ccccc1. The van der Waals surface area contributed by atoms with Crippen LogP contribution in [0.5, 0.6) is 0 Å². The Kier molecular flexibility index (Phi) is 6.05. The average Bonchev–Trinajstić information content (AvgIpc) is 2.53. The van der Waals surface area contributed by atoms with E-state index in [1.54, 1.807) is 20.8 Å². The van der Waals surface area contributed by atoms with E-state index in [2.05, 4.69) is 10.0 Å². The Morgan fingerprint density at radius 1 is 1.08 bits per heavy atom. The highest BCUT2D eigenvalue weighted by molar-refractivity contribution is 7.89. The van der Waals surface area contributed by atoms with Crippen molar-refractivity contribution in [3.63, 3.8) is 0 Å². The predicted octanol–water partition coefficient (Wildman–Crippen LogP) is 3.12. The van der Waals surface area contributed by atoms with Gasteiger partial charge < -0.3 is 10.4 Å². The second-order valence-electron chi connectivity index (χ2n) is 7.03. The van der Waals surface area contributed by atoms with Gasteiger partial charge in [0, 0.05) is 12.1 Å². The molecule has 0 heterocycles. The van der Waals surface area contributed by atoms with E-state index in [0.717, 1.165) is 5.56 Å². The lowest BCUT2D eigenvalue weighted by Gasteiger charge is -2.22. The van der Waals surface area contributed by atoms with Crippen LogP contribution in [0.15, 0.2) is 53.4 Å². The Hall–Kier alpha value is -2.38. The van der Waals surface area contributed by atoms with Gasteiger partial charge in [-0.1, -0.05) is 30.3 Å². The number of sulfonamides is 1. The zero-order valence-electron chi connectivity index (χ0n) is 15.1. The Morgan fingerprint density at radius 3 is 2.31 bits per heavy atom. The van der Waals surface area contributed by atoms with E-state index in [-0.39, 0.29) is 10.5 Å². The number of carboxylic acid groups (broad SMARTS) is 1. The maximum absolute atomic E-state index is 12.7. The second-order valence-corrected chi connectivity index (χ2v) is 8.68. The van der Waals surface area contributed by atoms with Crippen LogP contribution in [0.3, 0.4) is 0 Å². The summed E-state index contributed by atoms with van der Waals surface area (Å²) in [5.74, 6) is -1.17. The summed E-state index contributed by atoms with van der Waals surface area (Å²) < 4.78 is 28.0. The molecule has 0 spiro atoms. The minimum absolute atomic E-state index is 0.0691. The first-order chi connectivity index (χ1) is 12.1. The van der Waals surface area contributed by atoms with E-state index in [1.165, 1.54) is 18.2 Å². The van der Waals surface area contributed by atoms with E-state index in [1.807, 2.05) is 30.3 Å². The molecule has 0 aliphatic heterocycles. The van der Waals surface area contributed by atoms with Gasteiger partial charge in [0.05, 0.1) is 11.3 Å². The molecule has 2 aromatic rings. The number of aromatic carboxylic acids is 1. The molecule has 0 aliphatic carbocycles. The van der Waals surface area contributed by atoms with Crippen molar-refractivity contribution in [3.05, 3.63) is 59.7 Å². The highest BCUT2D eigenvalue weighted by atomic mass is 32.2. The van der Waals surface area contributed by atoms with Gasteiger partial charge in [0.25, 0.3) is 0 Å². The molecule has 2 aromatic carbocycles. The van der Waals surface area contributed by atoms with Gasteiger partial charge in [0.15, 0.2) is 0 Å². The summed E-state index contributed by atoms with van der Waals surface area (Å²) in [6.45, 7) is 5.71. The minimum Gasteiger partial charge on any atom is -0.478 e. The standard InChI is InChI=1S/C19H24N2O4S/c1-19(2,3)21-26(24,25)17-13-15(18(22)23)9-10-16(17)20-12-11-14-7-5-4-6-8-14/h4-10,13,20-21H,11-12H2,1-3H3,(H,22,23). The lowest BCUT2D eigenvalue weighted by atomic mass is 10.1. The Bertz CT molecular complexity index is 872. The normalized spacial score (nSPS) is 12.0. The van der Waals surface area contributed by atoms with Crippen molar-refractivity contribution in [2.24, 2.45) is 0 Å². The van der Waals surface area contributed by atoms with E-state index in [0.29, 0.717) is 18.7 Å². The topological polar surface area (TPSA) is 95.5 Å². The van der Waals surface area contributed by atoms with E-state index >= 15 is 0 Å². The molecule has 2 rings (SSSR count). The molecule has 6 nitrogen and oxygen atoms in total. The Labute approximate surface area is 154 Å². The molecule has 0 amide bonds. The van der Waals surface area contributed by atoms with Crippen molar-refractivity contribution in [2.45, 2.75) is 37.6 Å². The first-order valence-corrected chi connectivity index (χ1v) is 9.76. The number of anilines is 1. The predicted molar refractivity (Wildman–Crippen MR) is 102 cm³/mol. The summed E-state index contributed by atoms with van der Waals surface area (Å²) in [6.07, 6.45) is 0.716. The Morgan fingerprint density at radius 2 is 1.73 bits per heavy atom. The lowest BCUT2D eigenvalue weighted by molar-refractivity contribution is 0.0696. The smallest absolute Gasteiger partial charge is 0.335 e. The van der Waals surface area contributed by atoms with Gasteiger partial charge in [0.2, 0.25) is 10.0 Å². The van der Waals surface area contributed by atoms with Crippen molar-refractivity contribution >= 4 is 21.7 Å². The molecule has 0 bridgehead atoms. The molecule has 0 saturated carbocycles. The fourth-order valence-corrected chi connectivity index (χ4v) is 4.10. The van der Waals surface area contributed by atoms with Crippen molar-refractivity contribution in [1.29, 1.82) is 0 Å². The largest absolute Gasteiger partial charge is 0.478 e. The number of hydrogen-bond acceptors (Lipinski definition) is 4. The maximum atomic E-state index is 12.7. The molecule has 0 saturated heterocycles. The Balaban J connectivity index is 2.28. The average molecular weight is 376 g/mol. The molecule has 140 valence electrons. The summed E-state index contributed by atoms with van der Waals surface area (Å²) in [6, 6.07) is 13.9. The zero-order valence-corrected chi connectivity index (χ0v) is 15.9. The van der Waals surface area contributed by atoms with Crippen molar-refractivity contribution in [3.8, 4) is 0 Å². The number of carbonyl (C=O) groups is 1. The van der Waals surface area contributed by atoms with Gasteiger partial charge in [0.1, 0.15) is 4.90 Å². The fourth-order valence-electron chi connectivity index (χ4n) is 2.47. The van der Waals surface area contributed by atoms with Crippen LogP contribution in [0, 0.1) is 0 Å². The van der Waals surface area contributed by atoms with Crippen molar-refractivity contribution in [1.82, 2.24) is 4.72 Å². The number of carboxylic acids is 1.